The van der Waals surface area contributed by atoms with Gasteiger partial charge in [-0.05, 0) is 26.2 Å². The number of epoxide rings is 1. The summed E-state index contributed by atoms with van der Waals surface area (Å²) in [6, 6.07) is 0. The van der Waals surface area contributed by atoms with Crippen LogP contribution in [0.4, 0.5) is 0 Å². The number of carboxylic acids is 1. The van der Waals surface area contributed by atoms with Crippen LogP contribution in [0.1, 0.15) is 39.0 Å². The molecule has 98 valence electrons. The van der Waals surface area contributed by atoms with Crippen molar-refractivity contribution in [2.45, 2.75) is 51.2 Å². The van der Waals surface area contributed by atoms with Gasteiger partial charge in [0.15, 0.2) is 0 Å². The fraction of sp³-hybridized carbons (Fsp3) is 0.769. The molecule has 0 aromatic heterocycles. The fourth-order valence-electron chi connectivity index (χ4n) is 1.57. The summed E-state index contributed by atoms with van der Waals surface area (Å²) < 4.78 is 10.7. The van der Waals surface area contributed by atoms with Crippen molar-refractivity contribution in [1.29, 1.82) is 0 Å². The standard InChI is InChI=1S/C13H22O4/c1-10(13(14)15)6-4-3-5-7-11(2)16-8-12-9-17-12/h11-12H,1,3-9H2,2H3,(H,14,15). The molecule has 1 fully saturated rings. The fourth-order valence-corrected chi connectivity index (χ4v) is 1.57. The molecule has 1 heterocycles. The van der Waals surface area contributed by atoms with Gasteiger partial charge in [-0.3, -0.25) is 0 Å². The third-order valence-electron chi connectivity index (χ3n) is 2.86. The molecule has 2 atom stereocenters. The number of carboxylic acid groups (broad SMARTS) is 1. The Hall–Kier alpha value is -0.870. The van der Waals surface area contributed by atoms with Gasteiger partial charge in [0.25, 0.3) is 0 Å². The van der Waals surface area contributed by atoms with Gasteiger partial charge in [-0.1, -0.05) is 19.4 Å². The molecule has 0 saturated carbocycles. The maximum atomic E-state index is 10.5. The minimum Gasteiger partial charge on any atom is -0.478 e. The Labute approximate surface area is 103 Å². The average Bonchev–Trinajstić information content (AvgIpc) is 3.09. The Morgan fingerprint density at radius 2 is 2.24 bits per heavy atom. The second kappa shape index (κ2) is 7.45. The predicted molar refractivity (Wildman–Crippen MR) is 65.0 cm³/mol. The summed E-state index contributed by atoms with van der Waals surface area (Å²) in [6.45, 7) is 7.12. The minimum atomic E-state index is -0.883. The van der Waals surface area contributed by atoms with Crippen molar-refractivity contribution in [2.75, 3.05) is 13.2 Å². The van der Waals surface area contributed by atoms with Crippen LogP contribution in [0.3, 0.4) is 0 Å². The third-order valence-corrected chi connectivity index (χ3v) is 2.86. The first-order valence-corrected chi connectivity index (χ1v) is 6.24. The van der Waals surface area contributed by atoms with Crippen LogP contribution in [0, 0.1) is 0 Å². The van der Waals surface area contributed by atoms with E-state index in [9.17, 15) is 4.79 Å². The van der Waals surface area contributed by atoms with Crippen molar-refractivity contribution in [3.63, 3.8) is 0 Å². The molecular weight excluding hydrogens is 220 g/mol. The third kappa shape index (κ3) is 7.13. The number of ether oxygens (including phenoxy) is 2. The van der Waals surface area contributed by atoms with Crippen LogP contribution >= 0.6 is 0 Å². The van der Waals surface area contributed by atoms with E-state index in [0.29, 0.717) is 24.7 Å². The first kappa shape index (κ1) is 14.2. The van der Waals surface area contributed by atoms with E-state index in [2.05, 4.69) is 13.5 Å². The molecule has 0 aliphatic carbocycles. The SMILES string of the molecule is C=C(CCCCCC(C)OCC1CO1)C(=O)O. The molecule has 4 heteroatoms. The minimum absolute atomic E-state index is 0.266. The highest BCUT2D eigenvalue weighted by Crippen LogP contribution is 2.14. The highest BCUT2D eigenvalue weighted by Gasteiger charge is 2.23. The van der Waals surface area contributed by atoms with Crippen molar-refractivity contribution >= 4 is 5.97 Å². The number of aliphatic carboxylic acids is 1. The molecular formula is C13H22O4. The lowest BCUT2D eigenvalue weighted by atomic mass is 10.1. The molecule has 4 nitrogen and oxygen atoms in total. The van der Waals surface area contributed by atoms with E-state index in [1.807, 2.05) is 0 Å². The molecule has 0 aromatic carbocycles. The molecule has 0 spiro atoms. The Morgan fingerprint density at radius 3 is 2.82 bits per heavy atom. The molecule has 1 aliphatic rings. The van der Waals surface area contributed by atoms with Crippen molar-refractivity contribution < 1.29 is 19.4 Å². The highest BCUT2D eigenvalue weighted by atomic mass is 16.6. The topological polar surface area (TPSA) is 59.1 Å². The Bertz CT molecular complexity index is 258. The van der Waals surface area contributed by atoms with E-state index in [1.165, 1.54) is 0 Å². The van der Waals surface area contributed by atoms with Gasteiger partial charge in [0, 0.05) is 5.57 Å². The summed E-state index contributed by atoms with van der Waals surface area (Å²) >= 11 is 0. The first-order chi connectivity index (χ1) is 8.09. The Kier molecular flexibility index (Phi) is 6.22. The van der Waals surface area contributed by atoms with Gasteiger partial charge < -0.3 is 14.6 Å². The van der Waals surface area contributed by atoms with Crippen LogP contribution in [0.25, 0.3) is 0 Å². The Balaban J connectivity index is 1.88. The smallest absolute Gasteiger partial charge is 0.330 e. The van der Waals surface area contributed by atoms with Crippen molar-refractivity contribution in [3.8, 4) is 0 Å². The maximum Gasteiger partial charge on any atom is 0.330 e. The molecule has 0 bridgehead atoms. The van der Waals surface area contributed by atoms with E-state index in [4.69, 9.17) is 14.6 Å². The zero-order valence-corrected chi connectivity index (χ0v) is 10.5. The van der Waals surface area contributed by atoms with Crippen molar-refractivity contribution in [2.24, 2.45) is 0 Å². The number of hydrogen-bond donors (Lipinski definition) is 1. The van der Waals surface area contributed by atoms with E-state index in [1.54, 1.807) is 0 Å². The molecule has 1 rings (SSSR count). The zero-order valence-electron chi connectivity index (χ0n) is 10.5. The molecule has 17 heavy (non-hydrogen) atoms. The monoisotopic (exact) mass is 242 g/mol. The lowest BCUT2D eigenvalue weighted by Crippen LogP contribution is -2.12. The van der Waals surface area contributed by atoms with Gasteiger partial charge in [0.05, 0.1) is 19.3 Å². The van der Waals surface area contributed by atoms with Crippen LogP contribution in [-0.2, 0) is 14.3 Å². The second-order valence-electron chi connectivity index (χ2n) is 4.61. The summed E-state index contributed by atoms with van der Waals surface area (Å²) in [5.74, 6) is -0.883. The van der Waals surface area contributed by atoms with Crippen LogP contribution in [0.2, 0.25) is 0 Å². The number of rotatable bonds is 10. The summed E-state index contributed by atoms with van der Waals surface area (Å²) in [6.07, 6.45) is 5.19. The molecule has 0 aromatic rings. The lowest BCUT2D eigenvalue weighted by molar-refractivity contribution is -0.132. The van der Waals surface area contributed by atoms with Gasteiger partial charge in [0.1, 0.15) is 6.10 Å². The van der Waals surface area contributed by atoms with Gasteiger partial charge in [-0.2, -0.15) is 0 Å². The number of unbranched alkanes of at least 4 members (excludes halogenated alkanes) is 2. The second-order valence-corrected chi connectivity index (χ2v) is 4.61. The summed E-state index contributed by atoms with van der Waals surface area (Å²) in [5.41, 5.74) is 0.306. The zero-order chi connectivity index (χ0) is 12.7. The molecule has 0 radical (unpaired) electrons. The highest BCUT2D eigenvalue weighted by molar-refractivity contribution is 5.85. The molecule has 0 amide bonds. The van der Waals surface area contributed by atoms with E-state index in [0.717, 1.165) is 32.3 Å². The Morgan fingerprint density at radius 1 is 1.53 bits per heavy atom. The van der Waals surface area contributed by atoms with Crippen LogP contribution in [0.15, 0.2) is 12.2 Å². The van der Waals surface area contributed by atoms with E-state index >= 15 is 0 Å². The first-order valence-electron chi connectivity index (χ1n) is 6.24. The number of carbonyl (C=O) groups is 1. The summed E-state index contributed by atoms with van der Waals surface area (Å²) in [5, 5.41) is 8.62. The van der Waals surface area contributed by atoms with Crippen molar-refractivity contribution in [1.82, 2.24) is 0 Å². The summed E-state index contributed by atoms with van der Waals surface area (Å²) in [7, 11) is 0. The van der Waals surface area contributed by atoms with Gasteiger partial charge >= 0.3 is 5.97 Å². The summed E-state index contributed by atoms with van der Waals surface area (Å²) in [4.78, 5) is 10.5. The quantitative estimate of drug-likeness (QED) is 0.363. The normalized spacial score (nSPS) is 19.9. The van der Waals surface area contributed by atoms with E-state index < -0.39 is 5.97 Å². The van der Waals surface area contributed by atoms with Crippen LogP contribution < -0.4 is 0 Å². The van der Waals surface area contributed by atoms with E-state index in [-0.39, 0.29) is 6.10 Å². The molecule has 2 unspecified atom stereocenters. The van der Waals surface area contributed by atoms with Crippen molar-refractivity contribution in [3.05, 3.63) is 12.2 Å². The predicted octanol–water partition coefficient (Wildman–Crippen LogP) is 2.38. The van der Waals surface area contributed by atoms with Gasteiger partial charge in [0.2, 0.25) is 0 Å². The largest absolute Gasteiger partial charge is 0.478 e. The average molecular weight is 242 g/mol. The lowest BCUT2D eigenvalue weighted by Gasteiger charge is -2.11. The van der Waals surface area contributed by atoms with Crippen LogP contribution in [0.5, 0.6) is 0 Å². The maximum absolute atomic E-state index is 10.5. The molecule has 1 N–H and O–H groups in total. The molecule has 1 saturated heterocycles. The number of hydrogen-bond acceptors (Lipinski definition) is 3. The van der Waals surface area contributed by atoms with Gasteiger partial charge in [-0.25, -0.2) is 4.79 Å². The molecule has 1 aliphatic heterocycles. The van der Waals surface area contributed by atoms with Gasteiger partial charge in [-0.15, -0.1) is 0 Å². The van der Waals surface area contributed by atoms with Crippen LogP contribution in [-0.4, -0.2) is 36.5 Å².